The Bertz CT molecular complexity index is 861. The van der Waals surface area contributed by atoms with Crippen molar-refractivity contribution in [1.29, 1.82) is 0 Å². The van der Waals surface area contributed by atoms with E-state index in [1.54, 1.807) is 18.2 Å². The summed E-state index contributed by atoms with van der Waals surface area (Å²) in [4.78, 5) is 0. The van der Waals surface area contributed by atoms with Gasteiger partial charge >= 0.3 is 0 Å². The topological polar surface area (TPSA) is 99.4 Å². The molecule has 0 aliphatic rings. The van der Waals surface area contributed by atoms with Crippen LogP contribution < -0.4 is 4.74 Å². The fourth-order valence-electron chi connectivity index (χ4n) is 2.79. The monoisotopic (exact) mass is 526 g/mol. The summed E-state index contributed by atoms with van der Waals surface area (Å²) < 4.78 is 11.2. The minimum absolute atomic E-state index is 0.0375. The van der Waals surface area contributed by atoms with Crippen molar-refractivity contribution >= 4 is 22.6 Å². The summed E-state index contributed by atoms with van der Waals surface area (Å²) in [5.74, 6) is 0.334. The maximum Gasteiger partial charge on any atom is 0.171 e. The van der Waals surface area contributed by atoms with Gasteiger partial charge in [-0.3, -0.25) is 0 Å². The molecule has 0 saturated carbocycles. The van der Waals surface area contributed by atoms with Gasteiger partial charge in [-0.05, 0) is 57.5 Å². The second-order valence-electron chi connectivity index (χ2n) is 6.77. The number of ether oxygens (including phenoxy) is 2. The van der Waals surface area contributed by atoms with Crippen LogP contribution in [0.2, 0.25) is 0 Å². The van der Waals surface area contributed by atoms with Gasteiger partial charge in [0.15, 0.2) is 11.5 Å². The van der Waals surface area contributed by atoms with Crippen LogP contribution in [0, 0.1) is 3.57 Å². The fourth-order valence-corrected chi connectivity index (χ4v) is 3.42. The van der Waals surface area contributed by atoms with Gasteiger partial charge in [0, 0.05) is 12.8 Å². The van der Waals surface area contributed by atoms with Crippen LogP contribution in [0.3, 0.4) is 0 Å². The van der Waals surface area contributed by atoms with Gasteiger partial charge in [0.2, 0.25) is 0 Å². The zero-order valence-electron chi connectivity index (χ0n) is 16.8. The first-order chi connectivity index (χ1) is 14.4. The molecule has 2 rings (SSSR count). The molecule has 0 aromatic heterocycles. The van der Waals surface area contributed by atoms with Crippen LogP contribution in [0.25, 0.3) is 0 Å². The quantitative estimate of drug-likeness (QED) is 0.265. The molecule has 2 aromatic rings. The van der Waals surface area contributed by atoms with E-state index in [2.05, 4.69) is 5.73 Å². The molecule has 7 heteroatoms. The third-order valence-corrected chi connectivity index (χ3v) is 5.22. The number of halogens is 1. The van der Waals surface area contributed by atoms with Crippen molar-refractivity contribution in [3.63, 3.8) is 0 Å². The summed E-state index contributed by atoms with van der Waals surface area (Å²) in [7, 11) is 1.45. The molecule has 162 valence electrons. The number of aliphatic hydroxyl groups is 3. The molecule has 0 radical (unpaired) electrons. The molecule has 0 aliphatic heterocycles. The number of phenols is 1. The molecule has 0 spiro atoms. The van der Waals surface area contributed by atoms with Crippen LogP contribution in [0.15, 0.2) is 59.8 Å². The van der Waals surface area contributed by atoms with E-state index in [9.17, 15) is 20.4 Å². The first kappa shape index (κ1) is 24.4. The molecule has 0 bridgehead atoms. The Balaban J connectivity index is 1.89. The lowest BCUT2D eigenvalue weighted by atomic mass is 10.1. The van der Waals surface area contributed by atoms with E-state index in [0.717, 1.165) is 5.56 Å². The summed E-state index contributed by atoms with van der Waals surface area (Å²) in [5, 5.41) is 39.9. The van der Waals surface area contributed by atoms with Crippen molar-refractivity contribution in [2.45, 2.75) is 31.7 Å². The minimum Gasteiger partial charge on any atom is -0.504 e. The number of benzene rings is 2. The number of phenolic OH excluding ortho intramolecular Hbond substituents is 1. The fraction of sp³-hybridized carbons (Fsp3) is 0.348. The van der Waals surface area contributed by atoms with Gasteiger partial charge in [0.25, 0.3) is 0 Å². The van der Waals surface area contributed by atoms with Gasteiger partial charge in [-0.2, -0.15) is 0 Å². The largest absolute Gasteiger partial charge is 0.504 e. The normalized spacial score (nSPS) is 12.7. The molecule has 6 nitrogen and oxygen atoms in total. The molecular weight excluding hydrogens is 499 g/mol. The highest BCUT2D eigenvalue weighted by Gasteiger charge is 2.13. The third-order valence-electron chi connectivity index (χ3n) is 4.40. The predicted octanol–water partition coefficient (Wildman–Crippen LogP) is 3.47. The van der Waals surface area contributed by atoms with Gasteiger partial charge in [-0.25, -0.2) is 0 Å². The second kappa shape index (κ2) is 12.7. The van der Waals surface area contributed by atoms with E-state index in [1.165, 1.54) is 7.11 Å². The van der Waals surface area contributed by atoms with E-state index in [4.69, 9.17) is 9.47 Å². The number of hydrogen-bond acceptors (Lipinski definition) is 6. The first-order valence-corrected chi connectivity index (χ1v) is 10.6. The summed E-state index contributed by atoms with van der Waals surface area (Å²) in [6.45, 7) is 0.314. The van der Waals surface area contributed by atoms with Crippen molar-refractivity contribution in [2.75, 3.05) is 20.3 Å². The van der Waals surface area contributed by atoms with E-state index in [-0.39, 0.29) is 31.8 Å². The minimum atomic E-state index is -0.820. The molecular formula is C23H27IO6. The van der Waals surface area contributed by atoms with Crippen molar-refractivity contribution in [1.82, 2.24) is 0 Å². The lowest BCUT2D eigenvalue weighted by molar-refractivity contribution is 0.0278. The molecule has 0 saturated heterocycles. The van der Waals surface area contributed by atoms with Gasteiger partial charge < -0.3 is 29.9 Å². The average Bonchev–Trinajstić information content (AvgIpc) is 2.75. The van der Waals surface area contributed by atoms with Crippen LogP contribution in [-0.2, 0) is 11.3 Å². The predicted molar refractivity (Wildman–Crippen MR) is 122 cm³/mol. The van der Waals surface area contributed by atoms with E-state index in [1.807, 2.05) is 52.9 Å². The van der Waals surface area contributed by atoms with Crippen LogP contribution in [0.4, 0.5) is 0 Å². The zero-order valence-corrected chi connectivity index (χ0v) is 18.9. The van der Waals surface area contributed by atoms with Crippen molar-refractivity contribution in [2.24, 2.45) is 0 Å². The lowest BCUT2D eigenvalue weighted by Gasteiger charge is -2.13. The zero-order chi connectivity index (χ0) is 21.9. The summed E-state index contributed by atoms with van der Waals surface area (Å²) in [6.07, 6.45) is 0.529. The van der Waals surface area contributed by atoms with Crippen molar-refractivity contribution < 1.29 is 29.9 Å². The van der Waals surface area contributed by atoms with Crippen molar-refractivity contribution in [3.05, 3.63) is 74.5 Å². The summed E-state index contributed by atoms with van der Waals surface area (Å²) >= 11 is 1.97. The molecule has 0 fully saturated rings. The molecule has 0 aliphatic carbocycles. The summed E-state index contributed by atoms with van der Waals surface area (Å²) in [6, 6.07) is 12.9. The number of aliphatic hydroxyl groups excluding tert-OH is 3. The van der Waals surface area contributed by atoms with Crippen LogP contribution >= 0.6 is 22.6 Å². The van der Waals surface area contributed by atoms with Crippen molar-refractivity contribution in [3.8, 4) is 11.5 Å². The Morgan fingerprint density at radius 3 is 2.60 bits per heavy atom. The first-order valence-electron chi connectivity index (χ1n) is 9.52. The molecule has 2 atom stereocenters. The standard InChI is InChI=1S/C23H27IO6/c1-29-22-12-18(11-20(24)23(22)28)21(27)9-5-8-17(13-25)10-19(26)15-30-14-16-6-3-2-4-7-16/h2-7,11-12,19,21,25-28H,9-10,13-15H2,1H3/t8?,19-,21-/m1/s1. The Morgan fingerprint density at radius 1 is 1.20 bits per heavy atom. The number of rotatable bonds is 11. The maximum absolute atomic E-state index is 10.4. The van der Waals surface area contributed by atoms with Gasteiger partial charge in [-0.15, -0.1) is 5.73 Å². The Morgan fingerprint density at radius 2 is 1.93 bits per heavy atom. The highest BCUT2D eigenvalue weighted by atomic mass is 127. The van der Waals surface area contributed by atoms with E-state index >= 15 is 0 Å². The lowest BCUT2D eigenvalue weighted by Crippen LogP contribution is -2.16. The van der Waals surface area contributed by atoms with Crippen LogP contribution in [0.1, 0.15) is 30.1 Å². The Labute approximate surface area is 190 Å². The van der Waals surface area contributed by atoms with Gasteiger partial charge in [0.1, 0.15) is 0 Å². The highest BCUT2D eigenvalue weighted by molar-refractivity contribution is 14.1. The number of methoxy groups -OCH3 is 1. The van der Waals surface area contributed by atoms with Gasteiger partial charge in [0.05, 0.1) is 42.7 Å². The Kier molecular flexibility index (Phi) is 10.4. The van der Waals surface area contributed by atoms with E-state index < -0.39 is 12.2 Å². The van der Waals surface area contributed by atoms with Crippen LogP contribution in [-0.4, -0.2) is 46.9 Å². The molecule has 0 amide bonds. The Hall–Kier alpha value is -1.87. The van der Waals surface area contributed by atoms with Gasteiger partial charge in [-0.1, -0.05) is 30.3 Å². The molecule has 30 heavy (non-hydrogen) atoms. The molecule has 2 aromatic carbocycles. The summed E-state index contributed by atoms with van der Waals surface area (Å²) in [5.41, 5.74) is 5.10. The smallest absolute Gasteiger partial charge is 0.171 e. The van der Waals surface area contributed by atoms with E-state index in [0.29, 0.717) is 27.1 Å². The third kappa shape index (κ3) is 7.75. The number of aromatic hydroxyl groups is 1. The molecule has 4 N–H and O–H groups in total. The highest BCUT2D eigenvalue weighted by Crippen LogP contribution is 2.35. The molecule has 0 unspecified atom stereocenters. The maximum atomic E-state index is 10.4. The average molecular weight is 526 g/mol. The molecule has 0 heterocycles. The second-order valence-corrected chi connectivity index (χ2v) is 7.94. The van der Waals surface area contributed by atoms with Crippen LogP contribution in [0.5, 0.6) is 11.5 Å². The SMILES string of the molecule is COc1cc([C@H](O)CC=C=C(CO)C[C@@H](O)COCc2ccccc2)cc(I)c1O. The number of hydrogen-bond donors (Lipinski definition) is 4.